The molecule has 0 unspecified atom stereocenters. The highest BCUT2D eigenvalue weighted by atomic mass is 32.2. The van der Waals surface area contributed by atoms with Gasteiger partial charge < -0.3 is 10.2 Å². The molecule has 0 heterocycles. The Morgan fingerprint density at radius 3 is 2.16 bits per heavy atom. The molecule has 0 radical (unpaired) electrons. The van der Waals surface area contributed by atoms with Crippen molar-refractivity contribution in [2.75, 3.05) is 12.0 Å². The van der Waals surface area contributed by atoms with Crippen molar-refractivity contribution in [1.29, 1.82) is 0 Å². The summed E-state index contributed by atoms with van der Waals surface area (Å²) >= 11 is 0. The summed E-state index contributed by atoms with van der Waals surface area (Å²) in [6, 6.07) is -0.0104. The summed E-state index contributed by atoms with van der Waals surface area (Å²) in [5.74, 6) is 0.365. The van der Waals surface area contributed by atoms with Crippen LogP contribution in [0.5, 0.6) is 0 Å². The number of hydrogen-bond acceptors (Lipinski definition) is 3. The van der Waals surface area contributed by atoms with E-state index in [1.807, 2.05) is 11.8 Å². The molecule has 1 N–H and O–H groups in total. The number of amides is 2. The van der Waals surface area contributed by atoms with E-state index in [0.717, 1.165) is 12.8 Å². The first kappa shape index (κ1) is 16.3. The zero-order valence-electron chi connectivity index (χ0n) is 12.5. The molecule has 0 saturated heterocycles. The molecule has 5 nitrogen and oxygen atoms in total. The molecule has 0 aromatic carbocycles. The van der Waals surface area contributed by atoms with E-state index >= 15 is 0 Å². The molecule has 112 valence electrons. The van der Waals surface area contributed by atoms with Crippen molar-refractivity contribution < 1.29 is 13.2 Å². The second kappa shape index (κ2) is 6.11. The number of urea groups is 1. The number of rotatable bonds is 6. The number of nitrogens with zero attached hydrogens (tertiary/aromatic N) is 1. The second-order valence-corrected chi connectivity index (χ2v) is 8.25. The Hall–Kier alpha value is -0.780. The summed E-state index contributed by atoms with van der Waals surface area (Å²) in [7, 11) is -3.07. The minimum Gasteiger partial charge on any atom is -0.334 e. The first-order valence-electron chi connectivity index (χ1n) is 6.88. The lowest BCUT2D eigenvalue weighted by Crippen LogP contribution is -2.51. The largest absolute Gasteiger partial charge is 0.334 e. The van der Waals surface area contributed by atoms with Crippen molar-refractivity contribution in [3.05, 3.63) is 0 Å². The first-order chi connectivity index (χ1) is 8.61. The summed E-state index contributed by atoms with van der Waals surface area (Å²) in [5.41, 5.74) is 0. The minimum absolute atomic E-state index is 0.0205. The Morgan fingerprint density at radius 1 is 1.26 bits per heavy atom. The van der Waals surface area contributed by atoms with Gasteiger partial charge in [-0.3, -0.25) is 0 Å². The molecule has 0 spiro atoms. The highest BCUT2D eigenvalue weighted by molar-refractivity contribution is 7.90. The molecule has 2 atom stereocenters. The maximum Gasteiger partial charge on any atom is 0.318 e. The fraction of sp³-hybridized carbons (Fsp3) is 0.923. The summed E-state index contributed by atoms with van der Waals surface area (Å²) < 4.78 is 22.4. The van der Waals surface area contributed by atoms with Crippen molar-refractivity contribution >= 4 is 15.9 Å². The van der Waals surface area contributed by atoms with E-state index < -0.39 is 9.84 Å². The number of nitrogens with one attached hydrogen (secondary N) is 1. The molecule has 1 rings (SSSR count). The van der Waals surface area contributed by atoms with Gasteiger partial charge in [0.25, 0.3) is 0 Å². The number of hydrogen-bond donors (Lipinski definition) is 1. The highest BCUT2D eigenvalue weighted by Gasteiger charge is 2.37. The van der Waals surface area contributed by atoms with E-state index in [2.05, 4.69) is 19.2 Å². The van der Waals surface area contributed by atoms with Crippen LogP contribution in [0.1, 0.15) is 40.5 Å². The lowest BCUT2D eigenvalue weighted by atomic mass is 10.0. The zero-order chi connectivity index (χ0) is 14.8. The van der Waals surface area contributed by atoms with Crippen molar-refractivity contribution in [2.45, 2.75) is 58.7 Å². The Morgan fingerprint density at radius 2 is 1.79 bits per heavy atom. The molecule has 0 aromatic rings. The maximum absolute atomic E-state index is 12.3. The molecule has 0 aliphatic heterocycles. The number of carbonyl (C=O) groups excluding carboxylic acids is 1. The van der Waals surface area contributed by atoms with Crippen LogP contribution < -0.4 is 5.32 Å². The molecule has 0 aromatic heterocycles. The van der Waals surface area contributed by atoms with Crippen molar-refractivity contribution in [3.63, 3.8) is 0 Å². The van der Waals surface area contributed by atoms with Crippen molar-refractivity contribution in [3.8, 4) is 0 Å². The Balaban J connectivity index is 2.63. The molecule has 2 amide bonds. The minimum atomic E-state index is -3.07. The average Bonchev–Trinajstić information content (AvgIpc) is 2.98. The highest BCUT2D eigenvalue weighted by Crippen LogP contribution is 2.30. The van der Waals surface area contributed by atoms with Crippen LogP contribution in [0.3, 0.4) is 0 Å². The second-order valence-electron chi connectivity index (χ2n) is 6.07. The van der Waals surface area contributed by atoms with Gasteiger partial charge in [-0.2, -0.15) is 0 Å². The van der Waals surface area contributed by atoms with Crippen LogP contribution in [0.2, 0.25) is 0 Å². The zero-order valence-corrected chi connectivity index (χ0v) is 13.3. The summed E-state index contributed by atoms with van der Waals surface area (Å²) in [6.07, 6.45) is 3.28. The van der Waals surface area contributed by atoms with Gasteiger partial charge in [0.1, 0.15) is 9.84 Å². The molecule has 0 bridgehead atoms. The van der Waals surface area contributed by atoms with Crippen LogP contribution in [0.4, 0.5) is 4.79 Å². The SMILES string of the molecule is CC(C)[C@H](C)N(C(=O)N[C@H](C)CS(C)(=O)=O)C1CC1. The summed E-state index contributed by atoms with van der Waals surface area (Å²) in [6.45, 7) is 7.95. The third-order valence-corrected chi connectivity index (χ3v) is 4.61. The van der Waals surface area contributed by atoms with E-state index in [1.165, 1.54) is 6.26 Å². The van der Waals surface area contributed by atoms with E-state index in [1.54, 1.807) is 6.92 Å². The third kappa shape index (κ3) is 5.38. The lowest BCUT2D eigenvalue weighted by molar-refractivity contribution is 0.155. The molecular weight excluding hydrogens is 264 g/mol. The monoisotopic (exact) mass is 290 g/mol. The Labute approximate surface area is 116 Å². The van der Waals surface area contributed by atoms with Crippen LogP contribution >= 0.6 is 0 Å². The average molecular weight is 290 g/mol. The fourth-order valence-electron chi connectivity index (χ4n) is 2.14. The molecule has 1 saturated carbocycles. The van der Waals surface area contributed by atoms with Gasteiger partial charge in [0.05, 0.1) is 5.75 Å². The topological polar surface area (TPSA) is 66.5 Å². The summed E-state index contributed by atoms with van der Waals surface area (Å²) in [5, 5.41) is 2.80. The molecule has 6 heteroatoms. The van der Waals surface area contributed by atoms with Crippen LogP contribution in [0, 0.1) is 5.92 Å². The predicted molar refractivity (Wildman–Crippen MR) is 76.9 cm³/mol. The van der Waals surface area contributed by atoms with Gasteiger partial charge in [0, 0.05) is 24.4 Å². The van der Waals surface area contributed by atoms with Crippen LogP contribution in [-0.4, -0.2) is 49.5 Å². The van der Waals surface area contributed by atoms with E-state index in [9.17, 15) is 13.2 Å². The van der Waals surface area contributed by atoms with Crippen molar-refractivity contribution in [1.82, 2.24) is 10.2 Å². The predicted octanol–water partition coefficient (Wildman–Crippen LogP) is 1.64. The van der Waals surface area contributed by atoms with Gasteiger partial charge in [-0.15, -0.1) is 0 Å². The van der Waals surface area contributed by atoms with Gasteiger partial charge in [-0.05, 0) is 32.6 Å². The Kier molecular flexibility index (Phi) is 5.24. The Bertz CT molecular complexity index is 416. The maximum atomic E-state index is 12.3. The van der Waals surface area contributed by atoms with Gasteiger partial charge in [-0.1, -0.05) is 13.8 Å². The standard InChI is InChI=1S/C13H26N2O3S/c1-9(2)11(4)15(12-6-7-12)13(16)14-10(3)8-19(5,17)18/h9-12H,6-8H2,1-5H3,(H,14,16)/t10-,11+/m1/s1. The quantitative estimate of drug-likeness (QED) is 0.808. The van der Waals surface area contributed by atoms with Crippen LogP contribution in [0.15, 0.2) is 0 Å². The van der Waals surface area contributed by atoms with Gasteiger partial charge in [0.2, 0.25) is 0 Å². The molecular formula is C13H26N2O3S. The molecule has 1 aliphatic carbocycles. The lowest BCUT2D eigenvalue weighted by Gasteiger charge is -2.33. The van der Waals surface area contributed by atoms with Crippen molar-refractivity contribution in [2.24, 2.45) is 5.92 Å². The third-order valence-electron chi connectivity index (χ3n) is 3.50. The number of sulfone groups is 1. The smallest absolute Gasteiger partial charge is 0.318 e. The van der Waals surface area contributed by atoms with Gasteiger partial charge in [0.15, 0.2) is 0 Å². The van der Waals surface area contributed by atoms with E-state index in [-0.39, 0.29) is 23.9 Å². The normalized spacial score (nSPS) is 19.1. The number of carbonyl (C=O) groups is 1. The summed E-state index contributed by atoms with van der Waals surface area (Å²) in [4.78, 5) is 14.2. The van der Waals surface area contributed by atoms with Gasteiger partial charge >= 0.3 is 6.03 Å². The van der Waals surface area contributed by atoms with E-state index in [4.69, 9.17) is 0 Å². The van der Waals surface area contributed by atoms with Crippen LogP contribution in [-0.2, 0) is 9.84 Å². The molecule has 1 fully saturated rings. The molecule has 19 heavy (non-hydrogen) atoms. The fourth-order valence-corrected chi connectivity index (χ4v) is 3.13. The molecule has 1 aliphatic rings. The van der Waals surface area contributed by atoms with Crippen LogP contribution in [0.25, 0.3) is 0 Å². The van der Waals surface area contributed by atoms with E-state index in [0.29, 0.717) is 12.0 Å². The van der Waals surface area contributed by atoms with Gasteiger partial charge in [-0.25, -0.2) is 13.2 Å². The first-order valence-corrected chi connectivity index (χ1v) is 8.94.